The van der Waals surface area contributed by atoms with E-state index in [2.05, 4.69) is 0 Å². The number of rotatable bonds is 0. The lowest BCUT2D eigenvalue weighted by Crippen LogP contribution is -2.07. The van der Waals surface area contributed by atoms with Gasteiger partial charge in [0, 0.05) is 0 Å². The largest absolute Gasteiger partial charge is 0.341 e. The first kappa shape index (κ1) is 9.57. The smallest absolute Gasteiger partial charge is 0.257 e. The summed E-state index contributed by atoms with van der Waals surface area (Å²) in [4.78, 5) is 43.6. The summed E-state index contributed by atoms with van der Waals surface area (Å²) in [5.74, 6) is 0. The van der Waals surface area contributed by atoms with Crippen molar-refractivity contribution in [3.8, 4) is 0 Å². The van der Waals surface area contributed by atoms with Crippen molar-refractivity contribution in [3.63, 3.8) is 0 Å². The molecule has 0 fully saturated rings. The lowest BCUT2D eigenvalue weighted by atomic mass is 11.2. The third-order valence-corrected chi connectivity index (χ3v) is 1.03. The van der Waals surface area contributed by atoms with Crippen LogP contribution in [0.25, 0.3) is 0 Å². The van der Waals surface area contributed by atoms with Gasteiger partial charge in [0.2, 0.25) is 0 Å². The van der Waals surface area contributed by atoms with Crippen LogP contribution in [0, 0.1) is 0 Å². The second kappa shape index (κ2) is 3.93. The van der Waals surface area contributed by atoms with E-state index in [0.29, 0.717) is 0 Å². The van der Waals surface area contributed by atoms with E-state index in [9.17, 15) is 19.2 Å². The molecule has 0 aliphatic heterocycles. The molecule has 0 unspecified atom stereocenters. The second-order valence-electron chi connectivity index (χ2n) is 2.07. The Kier molecular flexibility index (Phi) is 2.69. The van der Waals surface area contributed by atoms with Gasteiger partial charge < -0.3 is 0 Å². The highest BCUT2D eigenvalue weighted by molar-refractivity contribution is 4.53. The van der Waals surface area contributed by atoms with Crippen molar-refractivity contribution in [2.24, 2.45) is 0 Å². The van der Waals surface area contributed by atoms with Crippen LogP contribution in [-0.4, -0.2) is 30.4 Å². The van der Waals surface area contributed by atoms with Crippen molar-refractivity contribution < 1.29 is 0 Å². The van der Waals surface area contributed by atoms with Crippen LogP contribution in [0.2, 0.25) is 0 Å². The quantitative estimate of drug-likeness (QED) is 0.265. The molecule has 0 bridgehead atoms. The number of aromatic amines is 6. The number of hydrogen-bond donors (Lipinski definition) is 6. The fourth-order valence-electron chi connectivity index (χ4n) is 0.558. The van der Waals surface area contributed by atoms with Crippen LogP contribution in [0.3, 0.4) is 0 Å². The molecule has 2 rings (SSSR count). The molecule has 6 N–H and O–H groups in total. The molecule has 0 aromatic carbocycles. The van der Waals surface area contributed by atoms with Crippen LogP contribution in [-0.2, 0) is 0 Å². The highest BCUT2D eigenvalue weighted by Crippen LogP contribution is 1.30. The molecule has 0 saturated carbocycles. The Labute approximate surface area is 73.4 Å². The molecule has 14 heavy (non-hydrogen) atoms. The molecule has 2 aromatic heterocycles. The van der Waals surface area contributed by atoms with E-state index in [4.69, 9.17) is 0 Å². The fraction of sp³-hybridized carbons (Fsp3) is 0. The molecule has 0 amide bonds. The average Bonchev–Trinajstić information content (AvgIpc) is 2.63. The molecule has 2 heterocycles. The number of H-pyrrole nitrogens is 6. The van der Waals surface area contributed by atoms with Gasteiger partial charge in [0.15, 0.2) is 0 Å². The SMILES string of the molecule is O=c1[nH][nH]c(=O)[nH]1.O=c1[nH][nH]c(=O)[nH]1. The zero-order valence-electron chi connectivity index (χ0n) is 6.63. The Morgan fingerprint density at radius 2 is 0.714 bits per heavy atom. The van der Waals surface area contributed by atoms with E-state index >= 15 is 0 Å². The lowest BCUT2D eigenvalue weighted by molar-refractivity contribution is 1.03. The molecular weight excluding hydrogens is 196 g/mol. The summed E-state index contributed by atoms with van der Waals surface area (Å²) < 4.78 is 0. The van der Waals surface area contributed by atoms with Crippen LogP contribution in [0.15, 0.2) is 19.2 Å². The third-order valence-electron chi connectivity index (χ3n) is 1.03. The first-order valence-electron chi connectivity index (χ1n) is 3.32. The van der Waals surface area contributed by atoms with Crippen LogP contribution in [0.5, 0.6) is 0 Å². The Hall–Kier alpha value is -2.52. The summed E-state index contributed by atoms with van der Waals surface area (Å²) in [6.07, 6.45) is 0. The Morgan fingerprint density at radius 3 is 0.786 bits per heavy atom. The van der Waals surface area contributed by atoms with Gasteiger partial charge in [-0.3, -0.25) is 9.97 Å². The van der Waals surface area contributed by atoms with Crippen LogP contribution in [0.1, 0.15) is 0 Å². The fourth-order valence-corrected chi connectivity index (χ4v) is 0.558. The highest BCUT2D eigenvalue weighted by Gasteiger charge is 1.80. The second-order valence-corrected chi connectivity index (χ2v) is 2.07. The third kappa shape index (κ3) is 2.84. The zero-order chi connectivity index (χ0) is 10.6. The van der Waals surface area contributed by atoms with Gasteiger partial charge in [-0.2, -0.15) is 0 Å². The van der Waals surface area contributed by atoms with Crippen molar-refractivity contribution in [1.29, 1.82) is 0 Å². The van der Waals surface area contributed by atoms with Gasteiger partial charge in [0.1, 0.15) is 0 Å². The van der Waals surface area contributed by atoms with E-state index < -0.39 is 22.8 Å². The Balaban J connectivity index is 0.000000140. The topological polar surface area (TPSA) is 163 Å². The molecule has 0 saturated heterocycles. The first-order chi connectivity index (χ1) is 6.58. The number of hydrogen-bond acceptors (Lipinski definition) is 4. The van der Waals surface area contributed by atoms with E-state index in [1.807, 2.05) is 30.4 Å². The van der Waals surface area contributed by atoms with Gasteiger partial charge in [-0.15, -0.1) is 0 Å². The van der Waals surface area contributed by atoms with E-state index in [1.165, 1.54) is 0 Å². The molecule has 10 heteroatoms. The predicted molar refractivity (Wildman–Crippen MR) is 44.1 cm³/mol. The molecule has 0 radical (unpaired) electrons. The van der Waals surface area contributed by atoms with Crippen LogP contribution < -0.4 is 22.8 Å². The maximum Gasteiger partial charge on any atom is 0.341 e. The van der Waals surface area contributed by atoms with E-state index in [0.717, 1.165) is 0 Å². The molecule has 0 atom stereocenters. The van der Waals surface area contributed by atoms with E-state index in [1.54, 1.807) is 0 Å². The van der Waals surface area contributed by atoms with Gasteiger partial charge in [-0.1, -0.05) is 0 Å². The molecular formula is C4H6N6O4. The van der Waals surface area contributed by atoms with Crippen molar-refractivity contribution in [2.45, 2.75) is 0 Å². The molecule has 0 spiro atoms. The predicted octanol–water partition coefficient (Wildman–Crippen LogP) is -3.22. The summed E-state index contributed by atoms with van der Waals surface area (Å²) in [6.45, 7) is 0. The van der Waals surface area contributed by atoms with Gasteiger partial charge in [-0.05, 0) is 0 Å². The average molecular weight is 202 g/mol. The van der Waals surface area contributed by atoms with Gasteiger partial charge in [-0.25, -0.2) is 39.6 Å². The van der Waals surface area contributed by atoms with Crippen molar-refractivity contribution in [1.82, 2.24) is 30.4 Å². The van der Waals surface area contributed by atoms with Crippen molar-refractivity contribution in [3.05, 3.63) is 41.9 Å². The van der Waals surface area contributed by atoms with Gasteiger partial charge in [0.05, 0.1) is 0 Å². The lowest BCUT2D eigenvalue weighted by Gasteiger charge is -1.52. The standard InChI is InChI=1S/2C2H3N3O2/c2*6-1-3-2(7)5-4-1/h2*(H3,3,4,5,6,7). The summed E-state index contributed by atoms with van der Waals surface area (Å²) in [5.41, 5.74) is -2.04. The first-order valence-corrected chi connectivity index (χ1v) is 3.32. The minimum atomic E-state index is -0.509. The zero-order valence-corrected chi connectivity index (χ0v) is 6.63. The van der Waals surface area contributed by atoms with Crippen molar-refractivity contribution in [2.75, 3.05) is 0 Å². The van der Waals surface area contributed by atoms with Crippen LogP contribution in [0.4, 0.5) is 0 Å². The molecule has 0 aliphatic carbocycles. The normalized spacial score (nSPS) is 9.14. The van der Waals surface area contributed by atoms with Crippen LogP contribution >= 0.6 is 0 Å². The molecule has 2 aromatic rings. The Bertz CT molecular complexity index is 485. The number of nitrogens with one attached hydrogen (secondary N) is 6. The van der Waals surface area contributed by atoms with Gasteiger partial charge >= 0.3 is 22.8 Å². The highest BCUT2D eigenvalue weighted by atomic mass is 16.2. The summed E-state index contributed by atoms with van der Waals surface area (Å²) in [5, 5.41) is 8.08. The maximum atomic E-state index is 9.95. The van der Waals surface area contributed by atoms with Crippen molar-refractivity contribution >= 4 is 0 Å². The minimum Gasteiger partial charge on any atom is -0.257 e. The maximum absolute atomic E-state index is 9.95. The summed E-state index contributed by atoms with van der Waals surface area (Å²) in [6, 6.07) is 0. The Morgan fingerprint density at radius 1 is 0.500 bits per heavy atom. The molecule has 76 valence electrons. The van der Waals surface area contributed by atoms with Gasteiger partial charge in [0.25, 0.3) is 0 Å². The summed E-state index contributed by atoms with van der Waals surface area (Å²) in [7, 11) is 0. The monoisotopic (exact) mass is 202 g/mol. The minimum absolute atomic E-state index is 0.509. The van der Waals surface area contributed by atoms with E-state index in [-0.39, 0.29) is 0 Å². The molecule has 0 aliphatic rings. The molecule has 10 nitrogen and oxygen atoms in total. The summed E-state index contributed by atoms with van der Waals surface area (Å²) >= 11 is 0. The number of aromatic nitrogens is 6.